The number of aromatic hydroxyl groups is 1. The summed E-state index contributed by atoms with van der Waals surface area (Å²) < 4.78 is 2.07. The Morgan fingerprint density at radius 2 is 2.13 bits per heavy atom. The third kappa shape index (κ3) is 2.41. The largest absolute Gasteiger partial charge is 0.505 e. The molecule has 3 aromatic rings. The lowest BCUT2D eigenvalue weighted by Gasteiger charge is -2.11. The molecule has 0 aliphatic carbocycles. The van der Waals surface area contributed by atoms with Crippen LogP contribution < -0.4 is 5.56 Å². The van der Waals surface area contributed by atoms with Gasteiger partial charge in [-0.15, -0.1) is 17.8 Å². The number of thiazole rings is 1. The monoisotopic (exact) mass is 324 g/mol. The Hall–Kier alpha value is -2.58. The molecule has 23 heavy (non-hydrogen) atoms. The summed E-state index contributed by atoms with van der Waals surface area (Å²) in [4.78, 5) is 17.4. The minimum atomic E-state index is -0.310. The molecule has 0 bridgehead atoms. The number of nitrogens with zero attached hydrogens (tertiary/aromatic N) is 2. The van der Waals surface area contributed by atoms with E-state index in [1.807, 2.05) is 38.1 Å². The van der Waals surface area contributed by atoms with Crippen LogP contribution in [-0.2, 0) is 13.0 Å². The van der Waals surface area contributed by atoms with Gasteiger partial charge >= 0.3 is 0 Å². The van der Waals surface area contributed by atoms with Crippen LogP contribution >= 0.6 is 11.3 Å². The number of rotatable bonds is 3. The van der Waals surface area contributed by atoms with Crippen molar-refractivity contribution in [1.29, 1.82) is 0 Å². The third-order valence-corrected chi connectivity index (χ3v) is 4.98. The van der Waals surface area contributed by atoms with Crippen LogP contribution in [0.15, 0.2) is 29.1 Å². The summed E-state index contributed by atoms with van der Waals surface area (Å²) in [6.07, 6.45) is 6.16. The van der Waals surface area contributed by atoms with Crippen LogP contribution in [0.25, 0.3) is 21.5 Å². The molecule has 0 aliphatic rings. The molecule has 1 aromatic carbocycles. The fourth-order valence-corrected chi connectivity index (χ4v) is 3.58. The normalized spacial score (nSPS) is 10.8. The second-order valence-electron chi connectivity index (χ2n) is 5.25. The minimum absolute atomic E-state index is 0.00947. The van der Waals surface area contributed by atoms with E-state index in [4.69, 9.17) is 6.42 Å². The molecule has 5 heteroatoms. The van der Waals surface area contributed by atoms with Gasteiger partial charge in [-0.3, -0.25) is 9.36 Å². The molecule has 0 atom stereocenters. The number of hydrogen-bond acceptors (Lipinski definition) is 4. The number of aryl methyl sites for hydroxylation is 2. The summed E-state index contributed by atoms with van der Waals surface area (Å²) in [5, 5.41) is 11.6. The molecule has 2 aromatic heterocycles. The average molecular weight is 324 g/mol. The maximum absolute atomic E-state index is 12.9. The van der Waals surface area contributed by atoms with Crippen LogP contribution in [0, 0.1) is 19.3 Å². The third-order valence-electron chi connectivity index (χ3n) is 3.79. The van der Waals surface area contributed by atoms with Crippen molar-refractivity contribution in [2.24, 2.45) is 0 Å². The lowest BCUT2D eigenvalue weighted by molar-refractivity contribution is 0.482. The molecule has 0 aliphatic heterocycles. The number of pyridine rings is 1. The van der Waals surface area contributed by atoms with Gasteiger partial charge in [-0.1, -0.05) is 37.1 Å². The molecule has 0 spiro atoms. The topological polar surface area (TPSA) is 55.1 Å². The van der Waals surface area contributed by atoms with Crippen molar-refractivity contribution in [3.63, 3.8) is 0 Å². The lowest BCUT2D eigenvalue weighted by atomic mass is 10.0. The van der Waals surface area contributed by atoms with Gasteiger partial charge in [0, 0.05) is 0 Å². The van der Waals surface area contributed by atoms with Crippen molar-refractivity contribution < 1.29 is 5.11 Å². The predicted molar refractivity (Wildman–Crippen MR) is 93.9 cm³/mol. The second kappa shape index (κ2) is 5.90. The molecule has 1 N–H and O–H groups in total. The smallest absolute Gasteiger partial charge is 0.264 e. The van der Waals surface area contributed by atoms with E-state index in [-0.39, 0.29) is 23.4 Å². The lowest BCUT2D eigenvalue weighted by Crippen LogP contribution is -2.22. The van der Waals surface area contributed by atoms with Crippen LogP contribution in [0.5, 0.6) is 5.75 Å². The molecule has 0 radical (unpaired) electrons. The minimum Gasteiger partial charge on any atom is -0.505 e. The van der Waals surface area contributed by atoms with Gasteiger partial charge in [-0.05, 0) is 24.5 Å². The van der Waals surface area contributed by atoms with Gasteiger partial charge in [-0.25, -0.2) is 4.98 Å². The number of aromatic nitrogens is 2. The van der Waals surface area contributed by atoms with Crippen LogP contribution in [0.1, 0.15) is 17.5 Å². The van der Waals surface area contributed by atoms with E-state index in [0.717, 1.165) is 17.0 Å². The van der Waals surface area contributed by atoms with E-state index in [0.29, 0.717) is 15.9 Å². The summed E-state index contributed by atoms with van der Waals surface area (Å²) in [6.45, 7) is 4.02. The molecular formula is C18H16N2O2S. The molecule has 116 valence electrons. The van der Waals surface area contributed by atoms with Gasteiger partial charge in [0.2, 0.25) is 0 Å². The summed E-state index contributed by atoms with van der Waals surface area (Å²) in [5.74, 6) is 2.49. The van der Waals surface area contributed by atoms with Crippen LogP contribution in [0.3, 0.4) is 0 Å². The molecule has 0 saturated carbocycles. The molecule has 0 fully saturated rings. The summed E-state index contributed by atoms with van der Waals surface area (Å²) in [7, 11) is 0. The van der Waals surface area contributed by atoms with Gasteiger partial charge in [0.15, 0.2) is 5.65 Å². The van der Waals surface area contributed by atoms with Crippen molar-refractivity contribution in [3.8, 4) is 29.2 Å². The molecule has 0 amide bonds. The number of fused-ring (bicyclic) bond motifs is 1. The highest BCUT2D eigenvalue weighted by Crippen LogP contribution is 2.37. The molecule has 0 saturated heterocycles. The standard InChI is InChI=1S/C18H16N2O2S/c1-4-10-20-17-16(23-13(5-2)19-17)15(21)14(18(20)22)12-9-7-6-8-11(12)3/h1,6-9,21H,5,10H2,2-3H3. The Bertz CT molecular complexity index is 993. The van der Waals surface area contributed by atoms with Crippen molar-refractivity contribution in [2.45, 2.75) is 26.8 Å². The number of hydrogen-bond donors (Lipinski definition) is 1. The fourth-order valence-electron chi connectivity index (χ4n) is 2.62. The average Bonchev–Trinajstić information content (AvgIpc) is 2.98. The second-order valence-corrected chi connectivity index (χ2v) is 6.33. The van der Waals surface area contributed by atoms with Gasteiger partial charge in [0.1, 0.15) is 10.4 Å². The van der Waals surface area contributed by atoms with E-state index in [1.54, 1.807) is 0 Å². The molecular weight excluding hydrogens is 308 g/mol. The van der Waals surface area contributed by atoms with Crippen LogP contribution in [0.4, 0.5) is 0 Å². The fraction of sp³-hybridized carbons (Fsp3) is 0.222. The van der Waals surface area contributed by atoms with Gasteiger partial charge in [0.25, 0.3) is 5.56 Å². The Morgan fingerprint density at radius 3 is 2.78 bits per heavy atom. The molecule has 3 rings (SSSR count). The Morgan fingerprint density at radius 1 is 1.39 bits per heavy atom. The first-order valence-corrected chi connectivity index (χ1v) is 8.14. The van der Waals surface area contributed by atoms with E-state index >= 15 is 0 Å². The highest BCUT2D eigenvalue weighted by Gasteiger charge is 2.21. The van der Waals surface area contributed by atoms with Crippen molar-refractivity contribution >= 4 is 21.7 Å². The Kier molecular flexibility index (Phi) is 3.93. The first kappa shape index (κ1) is 15.3. The van der Waals surface area contributed by atoms with Crippen molar-refractivity contribution in [3.05, 3.63) is 45.2 Å². The van der Waals surface area contributed by atoms with E-state index < -0.39 is 0 Å². The van der Waals surface area contributed by atoms with Gasteiger partial charge < -0.3 is 5.11 Å². The van der Waals surface area contributed by atoms with Gasteiger partial charge in [-0.2, -0.15) is 0 Å². The predicted octanol–water partition coefficient (Wildman–Crippen LogP) is 3.33. The molecule has 0 unspecified atom stereocenters. The maximum Gasteiger partial charge on any atom is 0.264 e. The zero-order chi connectivity index (χ0) is 16.6. The molecule has 4 nitrogen and oxygen atoms in total. The summed E-state index contributed by atoms with van der Waals surface area (Å²) in [6, 6.07) is 7.49. The first-order valence-electron chi connectivity index (χ1n) is 7.33. The number of benzene rings is 1. The van der Waals surface area contributed by atoms with Crippen molar-refractivity contribution in [2.75, 3.05) is 0 Å². The zero-order valence-corrected chi connectivity index (χ0v) is 13.8. The Balaban J connectivity index is 2.46. The van der Waals surface area contributed by atoms with Crippen LogP contribution in [0.2, 0.25) is 0 Å². The highest BCUT2D eigenvalue weighted by molar-refractivity contribution is 7.19. The quantitative estimate of drug-likeness (QED) is 0.752. The SMILES string of the molecule is C#CCn1c(=O)c(-c2ccccc2C)c(O)c2sc(CC)nc21. The summed E-state index contributed by atoms with van der Waals surface area (Å²) in [5.41, 5.74) is 2.08. The van der Waals surface area contributed by atoms with Crippen LogP contribution in [-0.4, -0.2) is 14.7 Å². The molecule has 2 heterocycles. The maximum atomic E-state index is 12.9. The van der Waals surface area contributed by atoms with Gasteiger partial charge in [0.05, 0.1) is 17.1 Å². The highest BCUT2D eigenvalue weighted by atomic mass is 32.1. The Labute approximate surface area is 138 Å². The zero-order valence-electron chi connectivity index (χ0n) is 13.0. The van der Waals surface area contributed by atoms with E-state index in [2.05, 4.69) is 10.9 Å². The first-order chi connectivity index (χ1) is 11.1. The van der Waals surface area contributed by atoms with E-state index in [1.165, 1.54) is 15.9 Å². The van der Waals surface area contributed by atoms with E-state index in [9.17, 15) is 9.90 Å². The summed E-state index contributed by atoms with van der Waals surface area (Å²) >= 11 is 1.40. The number of terminal acetylenes is 1. The van der Waals surface area contributed by atoms with Crippen molar-refractivity contribution in [1.82, 2.24) is 9.55 Å².